The zero-order valence-electron chi connectivity index (χ0n) is 11.2. The molecule has 0 bridgehead atoms. The minimum Gasteiger partial charge on any atom is -0.333 e. The summed E-state index contributed by atoms with van der Waals surface area (Å²) in [6.45, 7) is 3.03. The van der Waals surface area contributed by atoms with Crippen LogP contribution in [0.4, 0.5) is 4.39 Å². The maximum atomic E-state index is 13.2. The van der Waals surface area contributed by atoms with E-state index >= 15 is 0 Å². The van der Waals surface area contributed by atoms with Crippen molar-refractivity contribution in [2.24, 2.45) is 5.73 Å². The van der Waals surface area contributed by atoms with Crippen molar-refractivity contribution >= 4 is 21.4 Å². The van der Waals surface area contributed by atoms with Gasteiger partial charge in [-0.25, -0.2) is 9.37 Å². The number of rotatable bonds is 4. The van der Waals surface area contributed by atoms with Gasteiger partial charge in [-0.3, -0.25) is 0 Å². The molecule has 20 heavy (non-hydrogen) atoms. The molecule has 0 spiro atoms. The normalized spacial score (nSPS) is 12.9. The van der Waals surface area contributed by atoms with E-state index in [0.717, 1.165) is 33.8 Å². The van der Waals surface area contributed by atoms with E-state index in [1.165, 1.54) is 6.07 Å². The molecule has 3 nitrogen and oxygen atoms in total. The highest BCUT2D eigenvalue weighted by molar-refractivity contribution is 7.19. The largest absolute Gasteiger partial charge is 0.333 e. The highest BCUT2D eigenvalue weighted by Gasteiger charge is 2.17. The first kappa shape index (κ1) is 13.3. The molecule has 0 saturated heterocycles. The van der Waals surface area contributed by atoms with E-state index in [1.807, 2.05) is 12.3 Å². The Labute approximate surface area is 120 Å². The van der Waals surface area contributed by atoms with Gasteiger partial charge < -0.3 is 10.3 Å². The average molecular weight is 289 g/mol. The molecule has 2 aromatic heterocycles. The Kier molecular flexibility index (Phi) is 3.54. The lowest BCUT2D eigenvalue weighted by atomic mass is 10.2. The quantitative estimate of drug-likeness (QED) is 0.796. The molecule has 1 atom stereocenters. The summed E-state index contributed by atoms with van der Waals surface area (Å²) in [6, 6.07) is 6.51. The second-order valence-electron chi connectivity index (χ2n) is 4.79. The van der Waals surface area contributed by atoms with Crippen LogP contribution in [0, 0.1) is 5.82 Å². The fraction of sp³-hybridized carbons (Fsp3) is 0.267. The Morgan fingerprint density at radius 2 is 2.25 bits per heavy atom. The predicted octanol–water partition coefficient (Wildman–Crippen LogP) is 3.70. The molecule has 5 heteroatoms. The summed E-state index contributed by atoms with van der Waals surface area (Å²) in [4.78, 5) is 5.38. The maximum Gasteiger partial charge on any atom is 0.131 e. The van der Waals surface area contributed by atoms with E-state index in [2.05, 4.69) is 16.5 Å². The molecule has 104 valence electrons. The van der Waals surface area contributed by atoms with Gasteiger partial charge in [0, 0.05) is 28.5 Å². The van der Waals surface area contributed by atoms with Gasteiger partial charge in [0.05, 0.1) is 6.04 Å². The molecule has 0 aliphatic rings. The molecule has 3 rings (SSSR count). The van der Waals surface area contributed by atoms with Crippen LogP contribution in [0.25, 0.3) is 10.1 Å². The van der Waals surface area contributed by atoms with E-state index < -0.39 is 0 Å². The molecule has 0 fully saturated rings. The summed E-state index contributed by atoms with van der Waals surface area (Å²) in [5.74, 6) is 0.641. The predicted molar refractivity (Wildman–Crippen MR) is 80.3 cm³/mol. The lowest BCUT2D eigenvalue weighted by Crippen LogP contribution is -2.16. The maximum absolute atomic E-state index is 13.2. The molecule has 0 radical (unpaired) electrons. The second kappa shape index (κ2) is 5.34. The summed E-state index contributed by atoms with van der Waals surface area (Å²) < 4.78 is 16.4. The van der Waals surface area contributed by atoms with Gasteiger partial charge in [-0.05, 0) is 36.1 Å². The highest BCUT2D eigenvalue weighted by Crippen LogP contribution is 2.31. The smallest absolute Gasteiger partial charge is 0.131 e. The van der Waals surface area contributed by atoms with Gasteiger partial charge in [-0.15, -0.1) is 11.3 Å². The summed E-state index contributed by atoms with van der Waals surface area (Å²) in [7, 11) is 0. The standard InChI is InChI=1S/C15H16FN3S/c1-2-6-19-7-5-18-15(19)14(17)13-9-10-8-11(16)3-4-12(10)20-13/h3-5,7-9,14H,2,6,17H2,1H3. The van der Waals surface area contributed by atoms with Crippen LogP contribution in [0.15, 0.2) is 36.7 Å². The Hall–Kier alpha value is -1.72. The Morgan fingerprint density at radius 1 is 1.40 bits per heavy atom. The number of nitrogens with zero attached hydrogens (tertiary/aromatic N) is 2. The highest BCUT2D eigenvalue weighted by atomic mass is 32.1. The number of aromatic nitrogens is 2. The third-order valence-electron chi connectivity index (χ3n) is 3.29. The fourth-order valence-corrected chi connectivity index (χ4v) is 3.39. The molecule has 0 aliphatic heterocycles. The SMILES string of the molecule is CCCn1ccnc1C(N)c1cc2cc(F)ccc2s1. The lowest BCUT2D eigenvalue weighted by molar-refractivity contribution is 0.616. The summed E-state index contributed by atoms with van der Waals surface area (Å²) >= 11 is 1.59. The molecule has 1 unspecified atom stereocenters. The summed E-state index contributed by atoms with van der Waals surface area (Å²) in [5.41, 5.74) is 6.33. The number of fused-ring (bicyclic) bond motifs is 1. The number of benzene rings is 1. The van der Waals surface area contributed by atoms with Crippen LogP contribution < -0.4 is 5.73 Å². The topological polar surface area (TPSA) is 43.8 Å². The summed E-state index contributed by atoms with van der Waals surface area (Å²) in [5, 5.41) is 0.897. The molecule has 0 aliphatic carbocycles. The number of thiophene rings is 1. The van der Waals surface area contributed by atoms with E-state index in [4.69, 9.17) is 5.73 Å². The van der Waals surface area contributed by atoms with Crippen molar-refractivity contribution in [3.63, 3.8) is 0 Å². The number of hydrogen-bond donors (Lipinski definition) is 1. The van der Waals surface area contributed by atoms with Crippen LogP contribution in [-0.2, 0) is 6.54 Å². The van der Waals surface area contributed by atoms with Crippen LogP contribution >= 0.6 is 11.3 Å². The van der Waals surface area contributed by atoms with Crippen molar-refractivity contribution in [1.82, 2.24) is 9.55 Å². The third-order valence-corrected chi connectivity index (χ3v) is 4.49. The zero-order chi connectivity index (χ0) is 14.1. The molecule has 0 saturated carbocycles. The van der Waals surface area contributed by atoms with E-state index in [-0.39, 0.29) is 11.9 Å². The van der Waals surface area contributed by atoms with Crippen LogP contribution in [0.2, 0.25) is 0 Å². The Bertz CT molecular complexity index is 732. The van der Waals surface area contributed by atoms with Crippen LogP contribution in [-0.4, -0.2) is 9.55 Å². The first-order valence-electron chi connectivity index (χ1n) is 6.64. The first-order valence-corrected chi connectivity index (χ1v) is 7.46. The van der Waals surface area contributed by atoms with Gasteiger partial charge in [0.2, 0.25) is 0 Å². The van der Waals surface area contributed by atoms with E-state index in [1.54, 1.807) is 29.7 Å². The number of halogens is 1. The van der Waals surface area contributed by atoms with Gasteiger partial charge in [0.1, 0.15) is 11.6 Å². The van der Waals surface area contributed by atoms with Gasteiger partial charge >= 0.3 is 0 Å². The molecule has 1 aromatic carbocycles. The van der Waals surface area contributed by atoms with Crippen molar-refractivity contribution in [3.8, 4) is 0 Å². The van der Waals surface area contributed by atoms with Crippen molar-refractivity contribution < 1.29 is 4.39 Å². The molecule has 0 amide bonds. The summed E-state index contributed by atoms with van der Waals surface area (Å²) in [6.07, 6.45) is 4.76. The first-order chi connectivity index (χ1) is 9.69. The monoisotopic (exact) mass is 289 g/mol. The molecular weight excluding hydrogens is 273 g/mol. The molecule has 3 aromatic rings. The van der Waals surface area contributed by atoms with E-state index in [0.29, 0.717) is 0 Å². The third kappa shape index (κ3) is 2.34. The van der Waals surface area contributed by atoms with Crippen LogP contribution in [0.5, 0.6) is 0 Å². The zero-order valence-corrected chi connectivity index (χ0v) is 12.0. The van der Waals surface area contributed by atoms with Gasteiger partial charge in [0.15, 0.2) is 0 Å². The molecule has 2 N–H and O–H groups in total. The molecular formula is C15H16FN3S. The Morgan fingerprint density at radius 3 is 3.05 bits per heavy atom. The van der Waals surface area contributed by atoms with Crippen molar-refractivity contribution in [3.05, 3.63) is 53.2 Å². The van der Waals surface area contributed by atoms with Crippen LogP contribution in [0.3, 0.4) is 0 Å². The number of imidazole rings is 1. The van der Waals surface area contributed by atoms with Crippen molar-refractivity contribution in [2.75, 3.05) is 0 Å². The van der Waals surface area contributed by atoms with Crippen molar-refractivity contribution in [1.29, 1.82) is 0 Å². The second-order valence-corrected chi connectivity index (χ2v) is 5.90. The average Bonchev–Trinajstić information content (AvgIpc) is 3.04. The van der Waals surface area contributed by atoms with Gasteiger partial charge in [0.25, 0.3) is 0 Å². The molecule has 2 heterocycles. The number of nitrogens with two attached hydrogens (primary N) is 1. The van der Waals surface area contributed by atoms with Gasteiger partial charge in [-0.2, -0.15) is 0 Å². The number of hydrogen-bond acceptors (Lipinski definition) is 3. The van der Waals surface area contributed by atoms with Crippen molar-refractivity contribution in [2.45, 2.75) is 25.9 Å². The minimum absolute atomic E-state index is 0.220. The fourth-order valence-electron chi connectivity index (χ4n) is 2.34. The minimum atomic E-state index is -0.267. The Balaban J connectivity index is 1.99. The van der Waals surface area contributed by atoms with E-state index in [9.17, 15) is 4.39 Å². The lowest BCUT2D eigenvalue weighted by Gasteiger charge is -2.11. The number of aryl methyl sites for hydroxylation is 1. The van der Waals surface area contributed by atoms with Crippen LogP contribution in [0.1, 0.15) is 30.1 Å². The van der Waals surface area contributed by atoms with Gasteiger partial charge in [-0.1, -0.05) is 6.92 Å².